The molecule has 3 heteroatoms. The van der Waals surface area contributed by atoms with E-state index in [-0.39, 0.29) is 0 Å². The van der Waals surface area contributed by atoms with Crippen molar-refractivity contribution in [2.75, 3.05) is 11.0 Å². The van der Waals surface area contributed by atoms with Crippen molar-refractivity contribution in [3.8, 4) is 0 Å². The number of carbonyl (C=O) groups is 1. The van der Waals surface area contributed by atoms with Gasteiger partial charge in [0.05, 0.1) is 5.70 Å². The molecule has 21 heavy (non-hydrogen) atoms. The van der Waals surface area contributed by atoms with E-state index in [1.54, 1.807) is 0 Å². The van der Waals surface area contributed by atoms with Crippen LogP contribution in [0.5, 0.6) is 0 Å². The van der Waals surface area contributed by atoms with Gasteiger partial charge in [-0.2, -0.15) is 0 Å². The second-order valence-electron chi connectivity index (χ2n) is 5.53. The lowest BCUT2D eigenvalue weighted by Gasteiger charge is -2.31. The smallest absolute Gasteiger partial charge is 0.178 e. The molecule has 0 saturated carbocycles. The Morgan fingerprint density at radius 3 is 2.62 bits per heavy atom. The van der Waals surface area contributed by atoms with E-state index in [2.05, 4.69) is 58.7 Å². The topological polar surface area (TPSA) is 20.3 Å². The summed E-state index contributed by atoms with van der Waals surface area (Å²) in [5, 5.41) is 0. The van der Waals surface area contributed by atoms with E-state index in [9.17, 15) is 4.79 Å². The van der Waals surface area contributed by atoms with Crippen molar-refractivity contribution >= 4 is 28.4 Å². The number of nitrogens with zero attached hydrogens (tertiary/aromatic N) is 1. The molecule has 2 rings (SSSR count). The average Bonchev–Trinajstić information content (AvgIpc) is 2.52. The van der Waals surface area contributed by atoms with Crippen molar-refractivity contribution < 1.29 is 4.79 Å². The zero-order chi connectivity index (χ0) is 15.1. The molecule has 2 nitrogen and oxygen atoms in total. The molecular formula is C18H24INO. The van der Waals surface area contributed by atoms with Gasteiger partial charge in [-0.25, -0.2) is 0 Å². The number of benzene rings is 1. The van der Waals surface area contributed by atoms with Gasteiger partial charge in [-0.05, 0) is 36.8 Å². The minimum Gasteiger partial charge on any atom is -0.364 e. The van der Waals surface area contributed by atoms with Crippen LogP contribution in [0.4, 0.5) is 0 Å². The van der Waals surface area contributed by atoms with Crippen molar-refractivity contribution in [3.05, 3.63) is 47.2 Å². The summed E-state index contributed by atoms with van der Waals surface area (Å²) in [6.07, 6.45) is 4.95. The Morgan fingerprint density at radius 1 is 1.19 bits per heavy atom. The van der Waals surface area contributed by atoms with E-state index >= 15 is 0 Å². The van der Waals surface area contributed by atoms with Crippen LogP contribution < -0.4 is 0 Å². The summed E-state index contributed by atoms with van der Waals surface area (Å²) in [7, 11) is 0. The number of halogens is 1. The number of hydrogen-bond donors (Lipinski definition) is 0. The summed E-state index contributed by atoms with van der Waals surface area (Å²) in [6.45, 7) is 4.00. The van der Waals surface area contributed by atoms with Crippen LogP contribution in [0.25, 0.3) is 0 Å². The first kappa shape index (κ1) is 16.5. The summed E-state index contributed by atoms with van der Waals surface area (Å²) in [4.78, 5) is 14.8. The van der Waals surface area contributed by atoms with Crippen molar-refractivity contribution in [3.63, 3.8) is 0 Å². The molecule has 1 aliphatic carbocycles. The van der Waals surface area contributed by atoms with E-state index in [0.717, 1.165) is 48.9 Å². The number of alkyl halides is 1. The van der Waals surface area contributed by atoms with Crippen molar-refractivity contribution in [2.45, 2.75) is 45.6 Å². The van der Waals surface area contributed by atoms with Crippen LogP contribution in [0.15, 0.2) is 41.6 Å². The van der Waals surface area contributed by atoms with Crippen LogP contribution in [-0.4, -0.2) is 21.7 Å². The summed E-state index contributed by atoms with van der Waals surface area (Å²) < 4.78 is 1.13. The molecule has 0 heterocycles. The van der Waals surface area contributed by atoms with E-state index in [4.69, 9.17) is 0 Å². The predicted octanol–water partition coefficient (Wildman–Crippen LogP) is 4.73. The highest BCUT2D eigenvalue weighted by Gasteiger charge is 2.24. The molecule has 1 aliphatic rings. The predicted molar refractivity (Wildman–Crippen MR) is 96.5 cm³/mol. The highest BCUT2D eigenvalue weighted by atomic mass is 127. The van der Waals surface area contributed by atoms with E-state index < -0.39 is 0 Å². The second kappa shape index (κ2) is 8.57. The maximum Gasteiger partial charge on any atom is 0.178 e. The molecule has 1 aromatic carbocycles. The lowest BCUT2D eigenvalue weighted by atomic mass is 9.92. The molecule has 0 aliphatic heterocycles. The van der Waals surface area contributed by atoms with Crippen LogP contribution in [-0.2, 0) is 11.3 Å². The maximum absolute atomic E-state index is 12.5. The lowest BCUT2D eigenvalue weighted by Crippen LogP contribution is -2.31. The Labute approximate surface area is 141 Å². The number of allylic oxidation sites excluding steroid dienone is 2. The molecular weight excluding hydrogens is 373 g/mol. The van der Waals surface area contributed by atoms with Crippen LogP contribution in [0.2, 0.25) is 0 Å². The van der Waals surface area contributed by atoms with Crippen molar-refractivity contribution in [1.29, 1.82) is 0 Å². The van der Waals surface area contributed by atoms with Gasteiger partial charge in [0.25, 0.3) is 0 Å². The van der Waals surface area contributed by atoms with Gasteiger partial charge < -0.3 is 4.90 Å². The molecule has 0 amide bonds. The van der Waals surface area contributed by atoms with E-state index in [0.29, 0.717) is 12.2 Å². The van der Waals surface area contributed by atoms with Gasteiger partial charge in [-0.15, -0.1) is 0 Å². The molecule has 0 saturated heterocycles. The van der Waals surface area contributed by atoms with E-state index in [1.165, 1.54) is 11.1 Å². The number of ketones is 1. The molecule has 114 valence electrons. The van der Waals surface area contributed by atoms with Gasteiger partial charge in [0.15, 0.2) is 5.78 Å². The Hall–Kier alpha value is -0.840. The first-order valence-corrected chi connectivity index (χ1v) is 9.39. The van der Waals surface area contributed by atoms with Crippen molar-refractivity contribution in [1.82, 2.24) is 4.90 Å². The molecule has 0 fully saturated rings. The van der Waals surface area contributed by atoms with Crippen LogP contribution in [0, 0.1) is 0 Å². The highest BCUT2D eigenvalue weighted by molar-refractivity contribution is 14.1. The second-order valence-corrected chi connectivity index (χ2v) is 6.61. The third-order valence-electron chi connectivity index (χ3n) is 4.00. The average molecular weight is 397 g/mol. The minimum absolute atomic E-state index is 0.350. The largest absolute Gasteiger partial charge is 0.364 e. The molecule has 0 N–H and O–H groups in total. The summed E-state index contributed by atoms with van der Waals surface area (Å²) >= 11 is 2.41. The first-order valence-electron chi connectivity index (χ1n) is 7.86. The van der Waals surface area contributed by atoms with Crippen LogP contribution >= 0.6 is 22.6 Å². The summed E-state index contributed by atoms with van der Waals surface area (Å²) in [5.41, 5.74) is 3.67. The minimum atomic E-state index is 0.350. The van der Waals surface area contributed by atoms with Crippen LogP contribution in [0.3, 0.4) is 0 Å². The number of rotatable bonds is 7. The fourth-order valence-electron chi connectivity index (χ4n) is 2.96. The molecule has 0 spiro atoms. The summed E-state index contributed by atoms with van der Waals surface area (Å²) in [6, 6.07) is 10.5. The zero-order valence-electron chi connectivity index (χ0n) is 12.8. The normalized spacial score (nSPS) is 15.4. The van der Waals surface area contributed by atoms with Gasteiger partial charge >= 0.3 is 0 Å². The van der Waals surface area contributed by atoms with Gasteiger partial charge in [0.2, 0.25) is 0 Å². The van der Waals surface area contributed by atoms with E-state index in [1.807, 2.05) is 6.07 Å². The zero-order valence-corrected chi connectivity index (χ0v) is 14.9. The fourth-order valence-corrected chi connectivity index (χ4v) is 3.31. The lowest BCUT2D eigenvalue weighted by molar-refractivity contribution is -0.117. The summed E-state index contributed by atoms with van der Waals surface area (Å²) in [5.74, 6) is 0.350. The molecule has 1 aromatic rings. The Bertz CT molecular complexity index is 495. The number of carbonyl (C=O) groups excluding carboxylic acids is 1. The molecule has 0 radical (unpaired) electrons. The quantitative estimate of drug-likeness (QED) is 0.490. The molecule has 0 aromatic heterocycles. The van der Waals surface area contributed by atoms with Gasteiger partial charge in [-0.1, -0.05) is 59.8 Å². The number of Topliss-reactive ketones (excluding diaryl/α,β-unsaturated/α-hetero) is 1. The molecule has 0 unspecified atom stereocenters. The fraction of sp³-hybridized carbons (Fsp3) is 0.500. The monoisotopic (exact) mass is 397 g/mol. The maximum atomic E-state index is 12.5. The van der Waals surface area contributed by atoms with Crippen LogP contribution in [0.1, 0.15) is 44.6 Å². The SMILES string of the molecule is CCC1=C(N(CCCI)Cc2ccccc2)C(=O)CCC1. The highest BCUT2D eigenvalue weighted by Crippen LogP contribution is 2.28. The molecule has 0 atom stereocenters. The van der Waals surface area contributed by atoms with Gasteiger partial charge in [0.1, 0.15) is 0 Å². The third kappa shape index (κ3) is 4.56. The first-order chi connectivity index (χ1) is 10.3. The standard InChI is InChI=1S/C18H24INO/c1-2-16-10-6-11-17(21)18(16)20(13-7-12-19)14-15-8-4-3-5-9-15/h3-5,8-9H,2,6-7,10-14H2,1H3. The Balaban J connectivity index is 2.25. The Kier molecular flexibility index (Phi) is 6.74. The van der Waals surface area contributed by atoms with Gasteiger partial charge in [-0.3, -0.25) is 4.79 Å². The third-order valence-corrected chi connectivity index (χ3v) is 4.77. The van der Waals surface area contributed by atoms with Gasteiger partial charge in [0, 0.05) is 23.9 Å². The van der Waals surface area contributed by atoms with Crippen molar-refractivity contribution in [2.24, 2.45) is 0 Å². The number of hydrogen-bond acceptors (Lipinski definition) is 2. The molecule has 0 bridgehead atoms. The Morgan fingerprint density at radius 2 is 1.95 bits per heavy atom.